The first-order chi connectivity index (χ1) is 15.0. The van der Waals surface area contributed by atoms with Gasteiger partial charge in [-0.2, -0.15) is 0 Å². The third kappa shape index (κ3) is 3.06. The van der Waals surface area contributed by atoms with Gasteiger partial charge in [0.1, 0.15) is 24.6 Å². The minimum atomic E-state index is -0.538. The SMILES string of the molecule is Cc1ccccc1COc1ccc(N2CC[N+]3=C2N=C2C3C(=O)N(C)C(=O)N2C)cc1. The van der Waals surface area contributed by atoms with Crippen molar-refractivity contribution in [1.29, 1.82) is 0 Å². The van der Waals surface area contributed by atoms with Gasteiger partial charge in [-0.25, -0.2) is 14.3 Å². The highest BCUT2D eigenvalue weighted by atomic mass is 16.5. The number of urea groups is 1. The van der Waals surface area contributed by atoms with E-state index < -0.39 is 6.04 Å². The Labute approximate surface area is 180 Å². The Morgan fingerprint density at radius 2 is 1.81 bits per heavy atom. The van der Waals surface area contributed by atoms with Gasteiger partial charge in [-0.15, -0.1) is 0 Å². The van der Waals surface area contributed by atoms with Gasteiger partial charge in [-0.05, 0) is 42.3 Å². The van der Waals surface area contributed by atoms with Gasteiger partial charge in [0.15, 0.2) is 0 Å². The van der Waals surface area contributed by atoms with Crippen molar-refractivity contribution in [1.82, 2.24) is 9.80 Å². The quantitative estimate of drug-likeness (QED) is 0.713. The van der Waals surface area contributed by atoms with E-state index in [9.17, 15) is 9.59 Å². The smallest absolute Gasteiger partial charge is 0.397 e. The van der Waals surface area contributed by atoms with Crippen molar-refractivity contribution >= 4 is 29.4 Å². The molecule has 0 saturated carbocycles. The lowest BCUT2D eigenvalue weighted by atomic mass is 10.1. The molecule has 0 aliphatic carbocycles. The normalized spacial score (nSPS) is 20.3. The Balaban J connectivity index is 1.35. The number of aryl methyl sites for hydroxylation is 1. The number of amides is 3. The summed E-state index contributed by atoms with van der Waals surface area (Å²) in [6.07, 6.45) is 0. The van der Waals surface area contributed by atoms with Gasteiger partial charge in [0.25, 0.3) is 5.91 Å². The highest BCUT2D eigenvalue weighted by Crippen LogP contribution is 2.28. The van der Waals surface area contributed by atoms with Crippen LogP contribution in [0.3, 0.4) is 0 Å². The van der Waals surface area contributed by atoms with Crippen molar-refractivity contribution in [3.63, 3.8) is 0 Å². The predicted molar refractivity (Wildman–Crippen MR) is 117 cm³/mol. The summed E-state index contributed by atoms with van der Waals surface area (Å²) in [5.41, 5.74) is 3.34. The molecule has 1 saturated heterocycles. The Morgan fingerprint density at radius 3 is 2.55 bits per heavy atom. The van der Waals surface area contributed by atoms with Crippen molar-refractivity contribution in [3.8, 4) is 5.75 Å². The number of carbonyl (C=O) groups excluding carboxylic acids is 2. The standard InChI is InChI=1S/C23H24N5O3/c1-15-6-4-5-7-16(15)14-31-18-10-8-17(9-11-18)27-12-13-28-19-20(24-22(27)28)25(2)23(30)26(3)21(19)29/h4-11,19H,12-14H2,1-3H3/q+1. The van der Waals surface area contributed by atoms with Crippen LogP contribution in [0.1, 0.15) is 11.1 Å². The Morgan fingerprint density at radius 1 is 1.06 bits per heavy atom. The number of ether oxygens (including phenoxy) is 1. The zero-order chi connectivity index (χ0) is 21.7. The zero-order valence-corrected chi connectivity index (χ0v) is 17.8. The molecule has 5 rings (SSSR count). The highest BCUT2D eigenvalue weighted by molar-refractivity contribution is 6.24. The molecule has 3 aliphatic rings. The predicted octanol–water partition coefficient (Wildman–Crippen LogP) is 2.07. The zero-order valence-electron chi connectivity index (χ0n) is 17.8. The van der Waals surface area contributed by atoms with Crippen molar-refractivity contribution in [2.24, 2.45) is 4.99 Å². The third-order valence-electron chi connectivity index (χ3n) is 6.12. The van der Waals surface area contributed by atoms with Gasteiger partial charge in [-0.1, -0.05) is 29.3 Å². The van der Waals surface area contributed by atoms with Gasteiger partial charge in [0.2, 0.25) is 11.9 Å². The first-order valence-corrected chi connectivity index (χ1v) is 10.3. The second-order valence-electron chi connectivity index (χ2n) is 7.97. The van der Waals surface area contributed by atoms with E-state index in [1.807, 2.05) is 41.0 Å². The van der Waals surface area contributed by atoms with Crippen LogP contribution in [0.2, 0.25) is 0 Å². The lowest BCUT2D eigenvalue weighted by Crippen LogP contribution is -2.61. The highest BCUT2D eigenvalue weighted by Gasteiger charge is 2.54. The fourth-order valence-electron chi connectivity index (χ4n) is 4.24. The van der Waals surface area contributed by atoms with Crippen molar-refractivity contribution < 1.29 is 18.9 Å². The summed E-state index contributed by atoms with van der Waals surface area (Å²) in [5, 5.41) is 0. The molecule has 8 heteroatoms. The number of amidine groups is 1. The molecular weight excluding hydrogens is 394 g/mol. The summed E-state index contributed by atoms with van der Waals surface area (Å²) in [6, 6.07) is 15.2. The monoisotopic (exact) mass is 418 g/mol. The number of hydrogen-bond acceptors (Lipinski definition) is 5. The average Bonchev–Trinajstić information content (AvgIpc) is 3.36. The fraction of sp³-hybridized carbons (Fsp3) is 0.304. The molecule has 0 radical (unpaired) electrons. The lowest BCUT2D eigenvalue weighted by Gasteiger charge is -2.31. The minimum Gasteiger partial charge on any atom is -0.489 e. The number of likely N-dealkylation sites (N-methyl/N-ethyl adjacent to an activating group) is 2. The molecule has 0 N–H and O–H groups in total. The molecule has 1 fully saturated rings. The van der Waals surface area contributed by atoms with Gasteiger partial charge in [0, 0.05) is 14.1 Å². The molecule has 31 heavy (non-hydrogen) atoms. The number of anilines is 1. The Kier molecular flexibility index (Phi) is 4.50. The molecule has 3 heterocycles. The van der Waals surface area contributed by atoms with E-state index in [-0.39, 0.29) is 11.9 Å². The van der Waals surface area contributed by atoms with Gasteiger partial charge in [0.05, 0.1) is 6.54 Å². The van der Waals surface area contributed by atoms with Crippen LogP contribution in [0.5, 0.6) is 5.75 Å². The second kappa shape index (κ2) is 7.23. The molecule has 1 atom stereocenters. The number of benzene rings is 2. The summed E-state index contributed by atoms with van der Waals surface area (Å²) in [7, 11) is 3.17. The van der Waals surface area contributed by atoms with Gasteiger partial charge in [-0.3, -0.25) is 14.6 Å². The molecule has 3 amide bonds. The maximum Gasteiger partial charge on any atom is 0.397 e. The molecule has 0 spiro atoms. The largest absolute Gasteiger partial charge is 0.489 e. The third-order valence-corrected chi connectivity index (χ3v) is 6.12. The van der Waals surface area contributed by atoms with Crippen LogP contribution in [-0.2, 0) is 11.4 Å². The Hall–Kier alpha value is -3.68. The number of guanidine groups is 1. The van der Waals surface area contributed by atoms with E-state index in [4.69, 9.17) is 4.74 Å². The minimum absolute atomic E-state index is 0.237. The second-order valence-corrected chi connectivity index (χ2v) is 7.97. The lowest BCUT2D eigenvalue weighted by molar-refractivity contribution is -0.525. The van der Waals surface area contributed by atoms with Crippen LogP contribution in [0.15, 0.2) is 53.5 Å². The summed E-state index contributed by atoms with van der Waals surface area (Å²) < 4.78 is 7.92. The molecule has 0 bridgehead atoms. The molecule has 3 aliphatic heterocycles. The summed E-state index contributed by atoms with van der Waals surface area (Å²) in [6.45, 7) is 3.99. The van der Waals surface area contributed by atoms with Crippen LogP contribution in [0.25, 0.3) is 0 Å². The molecule has 8 nitrogen and oxygen atoms in total. The van der Waals surface area contributed by atoms with Crippen LogP contribution >= 0.6 is 0 Å². The number of fused-ring (bicyclic) bond motifs is 2. The molecule has 2 aromatic carbocycles. The fourth-order valence-corrected chi connectivity index (χ4v) is 4.24. The van der Waals surface area contributed by atoms with Crippen LogP contribution in [0, 0.1) is 6.92 Å². The van der Waals surface area contributed by atoms with E-state index in [1.54, 1.807) is 7.05 Å². The van der Waals surface area contributed by atoms with Crippen molar-refractivity contribution in [3.05, 3.63) is 59.7 Å². The topological polar surface area (TPSA) is 68.5 Å². The van der Waals surface area contributed by atoms with E-state index in [0.29, 0.717) is 24.9 Å². The summed E-state index contributed by atoms with van der Waals surface area (Å²) >= 11 is 0. The maximum atomic E-state index is 12.7. The molecule has 0 aromatic heterocycles. The van der Waals surface area contributed by atoms with E-state index in [0.717, 1.165) is 28.4 Å². The van der Waals surface area contributed by atoms with Crippen LogP contribution in [0.4, 0.5) is 10.5 Å². The number of nitrogens with zero attached hydrogens (tertiary/aromatic N) is 5. The molecule has 1 unspecified atom stereocenters. The number of aliphatic imine (C=N–C) groups is 1. The number of imide groups is 1. The van der Waals surface area contributed by atoms with Crippen LogP contribution in [-0.4, -0.2) is 71.3 Å². The van der Waals surface area contributed by atoms with E-state index in [1.165, 1.54) is 17.5 Å². The van der Waals surface area contributed by atoms with E-state index >= 15 is 0 Å². The summed E-state index contributed by atoms with van der Waals surface area (Å²) in [5.74, 6) is 1.75. The molecule has 158 valence electrons. The number of carbonyl (C=O) groups is 2. The Bertz CT molecular complexity index is 1140. The van der Waals surface area contributed by atoms with Gasteiger partial charge < -0.3 is 4.74 Å². The van der Waals surface area contributed by atoms with Crippen LogP contribution < -0.4 is 9.64 Å². The first kappa shape index (κ1) is 19.3. The van der Waals surface area contributed by atoms with Crippen molar-refractivity contribution in [2.75, 3.05) is 32.1 Å². The van der Waals surface area contributed by atoms with E-state index in [2.05, 4.69) is 28.9 Å². The summed E-state index contributed by atoms with van der Waals surface area (Å²) in [4.78, 5) is 34.3. The number of rotatable bonds is 4. The van der Waals surface area contributed by atoms with Crippen molar-refractivity contribution in [2.45, 2.75) is 19.6 Å². The average molecular weight is 418 g/mol. The maximum absolute atomic E-state index is 12.7. The molecule has 2 aromatic rings. The molecular formula is C23H24N5O3+. The number of hydrogen-bond donors (Lipinski definition) is 0. The van der Waals surface area contributed by atoms with Gasteiger partial charge >= 0.3 is 12.0 Å². The first-order valence-electron chi connectivity index (χ1n) is 10.3.